The number of aliphatic hydroxyl groups is 1. The zero-order valence-corrected chi connectivity index (χ0v) is 16.4. The number of carbonyl (C=O) groups is 1. The fourth-order valence-corrected chi connectivity index (χ4v) is 3.29. The predicted octanol–water partition coefficient (Wildman–Crippen LogP) is 2.64. The van der Waals surface area contributed by atoms with Gasteiger partial charge in [0, 0.05) is 38.3 Å². The zero-order chi connectivity index (χ0) is 20.1. The standard InChI is InChI=1S/C22H27FN2O3/c1-16-4-3-5-20(12-16)28-15-19(26)14-24-8-10-25(11-9-24)22(27)18-7-6-17(2)21(23)13-18/h3-7,12-13,19,26H,8-11,14-15H2,1-2H3. The van der Waals surface area contributed by atoms with Crippen molar-refractivity contribution in [2.24, 2.45) is 0 Å². The molecule has 1 saturated heterocycles. The van der Waals surface area contributed by atoms with E-state index in [1.165, 1.54) is 6.07 Å². The molecule has 150 valence electrons. The van der Waals surface area contributed by atoms with Crippen LogP contribution in [0.5, 0.6) is 5.75 Å². The predicted molar refractivity (Wildman–Crippen MR) is 106 cm³/mol. The molecule has 1 unspecified atom stereocenters. The van der Waals surface area contributed by atoms with E-state index in [0.29, 0.717) is 43.9 Å². The fraction of sp³-hybridized carbons (Fsp3) is 0.409. The van der Waals surface area contributed by atoms with E-state index in [2.05, 4.69) is 4.90 Å². The Bertz CT molecular complexity index is 819. The van der Waals surface area contributed by atoms with Crippen LogP contribution in [0.4, 0.5) is 4.39 Å². The van der Waals surface area contributed by atoms with Crippen molar-refractivity contribution in [3.8, 4) is 5.75 Å². The Kier molecular flexibility index (Phi) is 6.65. The van der Waals surface area contributed by atoms with Crippen LogP contribution in [-0.2, 0) is 0 Å². The number of rotatable bonds is 6. The summed E-state index contributed by atoms with van der Waals surface area (Å²) in [5, 5.41) is 10.3. The van der Waals surface area contributed by atoms with Gasteiger partial charge in [-0.2, -0.15) is 0 Å². The van der Waals surface area contributed by atoms with Gasteiger partial charge in [0.15, 0.2) is 0 Å². The molecule has 1 amide bonds. The first-order valence-corrected chi connectivity index (χ1v) is 9.57. The zero-order valence-electron chi connectivity index (χ0n) is 16.4. The van der Waals surface area contributed by atoms with E-state index in [0.717, 1.165) is 11.3 Å². The number of hydrogen-bond donors (Lipinski definition) is 1. The molecule has 1 heterocycles. The minimum Gasteiger partial charge on any atom is -0.491 e. The lowest BCUT2D eigenvalue weighted by Gasteiger charge is -2.35. The molecule has 5 nitrogen and oxygen atoms in total. The maximum atomic E-state index is 13.7. The van der Waals surface area contributed by atoms with Crippen LogP contribution >= 0.6 is 0 Å². The molecule has 0 radical (unpaired) electrons. The van der Waals surface area contributed by atoms with Crippen LogP contribution in [-0.4, -0.2) is 66.2 Å². The molecule has 0 saturated carbocycles. The monoisotopic (exact) mass is 386 g/mol. The Balaban J connectivity index is 1.44. The minimum absolute atomic E-state index is 0.151. The van der Waals surface area contributed by atoms with E-state index < -0.39 is 6.10 Å². The van der Waals surface area contributed by atoms with Gasteiger partial charge in [-0.1, -0.05) is 18.2 Å². The Labute approximate surface area is 165 Å². The lowest BCUT2D eigenvalue weighted by Crippen LogP contribution is -2.51. The first kappa shape index (κ1) is 20.3. The molecule has 6 heteroatoms. The number of carbonyl (C=O) groups excluding carboxylic acids is 1. The van der Waals surface area contributed by atoms with E-state index in [-0.39, 0.29) is 18.3 Å². The maximum Gasteiger partial charge on any atom is 0.254 e. The maximum absolute atomic E-state index is 13.7. The van der Waals surface area contributed by atoms with Crippen LogP contribution in [0.25, 0.3) is 0 Å². The van der Waals surface area contributed by atoms with Crippen LogP contribution < -0.4 is 4.74 Å². The minimum atomic E-state index is -0.603. The van der Waals surface area contributed by atoms with Crippen LogP contribution in [0.1, 0.15) is 21.5 Å². The molecule has 3 rings (SSSR count). The molecular weight excluding hydrogens is 359 g/mol. The summed E-state index contributed by atoms with van der Waals surface area (Å²) in [6.07, 6.45) is -0.603. The number of piperazine rings is 1. The second kappa shape index (κ2) is 9.17. The number of halogens is 1. The molecule has 2 aromatic carbocycles. The summed E-state index contributed by atoms with van der Waals surface area (Å²) < 4.78 is 19.4. The smallest absolute Gasteiger partial charge is 0.254 e. The molecule has 2 aromatic rings. The van der Waals surface area contributed by atoms with E-state index in [4.69, 9.17) is 4.74 Å². The van der Waals surface area contributed by atoms with E-state index in [1.807, 2.05) is 31.2 Å². The summed E-state index contributed by atoms with van der Waals surface area (Å²) in [4.78, 5) is 16.4. The summed E-state index contributed by atoms with van der Waals surface area (Å²) >= 11 is 0. The first-order valence-electron chi connectivity index (χ1n) is 9.57. The van der Waals surface area contributed by atoms with Gasteiger partial charge in [0.25, 0.3) is 5.91 Å². The van der Waals surface area contributed by atoms with Gasteiger partial charge in [0.05, 0.1) is 0 Å². The van der Waals surface area contributed by atoms with Gasteiger partial charge in [0.2, 0.25) is 0 Å². The molecule has 1 aliphatic rings. The third-order valence-electron chi connectivity index (χ3n) is 4.98. The Morgan fingerprint density at radius 1 is 1.14 bits per heavy atom. The van der Waals surface area contributed by atoms with Gasteiger partial charge in [-0.05, 0) is 49.2 Å². The van der Waals surface area contributed by atoms with Crippen LogP contribution in [0, 0.1) is 19.7 Å². The van der Waals surface area contributed by atoms with Crippen molar-refractivity contribution in [2.75, 3.05) is 39.3 Å². The molecule has 1 N–H and O–H groups in total. The number of amides is 1. The average molecular weight is 386 g/mol. The molecular formula is C22H27FN2O3. The van der Waals surface area contributed by atoms with Gasteiger partial charge in [-0.15, -0.1) is 0 Å². The second-order valence-corrected chi connectivity index (χ2v) is 7.34. The van der Waals surface area contributed by atoms with Crippen molar-refractivity contribution in [2.45, 2.75) is 20.0 Å². The highest BCUT2D eigenvalue weighted by Crippen LogP contribution is 2.15. The quantitative estimate of drug-likeness (QED) is 0.829. The van der Waals surface area contributed by atoms with Crippen LogP contribution in [0.2, 0.25) is 0 Å². The van der Waals surface area contributed by atoms with E-state index in [1.54, 1.807) is 24.0 Å². The molecule has 1 atom stereocenters. The summed E-state index contributed by atoms with van der Waals surface area (Å²) in [6.45, 7) is 6.84. The van der Waals surface area contributed by atoms with Crippen LogP contribution in [0.3, 0.4) is 0 Å². The summed E-state index contributed by atoms with van der Waals surface area (Å²) in [5.41, 5.74) is 2.02. The highest BCUT2D eigenvalue weighted by atomic mass is 19.1. The number of aliphatic hydroxyl groups excluding tert-OH is 1. The lowest BCUT2D eigenvalue weighted by atomic mass is 10.1. The molecule has 0 aromatic heterocycles. The summed E-state index contributed by atoms with van der Waals surface area (Å²) in [5.74, 6) is 0.239. The third kappa shape index (κ3) is 5.30. The molecule has 0 aliphatic carbocycles. The second-order valence-electron chi connectivity index (χ2n) is 7.34. The Hall–Kier alpha value is -2.44. The van der Waals surface area contributed by atoms with Crippen molar-refractivity contribution >= 4 is 5.91 Å². The topological polar surface area (TPSA) is 53.0 Å². The van der Waals surface area contributed by atoms with E-state index >= 15 is 0 Å². The Morgan fingerprint density at radius 2 is 1.89 bits per heavy atom. The van der Waals surface area contributed by atoms with Gasteiger partial charge >= 0.3 is 0 Å². The van der Waals surface area contributed by atoms with Crippen LogP contribution in [0.15, 0.2) is 42.5 Å². The largest absolute Gasteiger partial charge is 0.491 e. The van der Waals surface area contributed by atoms with Gasteiger partial charge in [0.1, 0.15) is 24.3 Å². The van der Waals surface area contributed by atoms with Crippen molar-refractivity contribution < 1.29 is 19.0 Å². The highest BCUT2D eigenvalue weighted by Gasteiger charge is 2.24. The number of nitrogens with zero attached hydrogens (tertiary/aromatic N) is 2. The molecule has 28 heavy (non-hydrogen) atoms. The number of ether oxygens (including phenoxy) is 1. The normalized spacial score (nSPS) is 16.1. The van der Waals surface area contributed by atoms with Crippen molar-refractivity contribution in [1.82, 2.24) is 9.80 Å². The Morgan fingerprint density at radius 3 is 2.57 bits per heavy atom. The van der Waals surface area contributed by atoms with Crippen molar-refractivity contribution in [3.05, 3.63) is 65.0 Å². The number of β-amino-alcohol motifs (C(OH)–C–C–N with tert-alkyl or cyclic N) is 1. The summed E-state index contributed by atoms with van der Waals surface area (Å²) in [6, 6.07) is 12.3. The SMILES string of the molecule is Cc1cccc(OCC(O)CN2CCN(C(=O)c3ccc(C)c(F)c3)CC2)c1. The fourth-order valence-electron chi connectivity index (χ4n) is 3.29. The lowest BCUT2D eigenvalue weighted by molar-refractivity contribution is 0.0403. The third-order valence-corrected chi connectivity index (χ3v) is 4.98. The number of benzene rings is 2. The molecule has 0 spiro atoms. The first-order chi connectivity index (χ1) is 13.4. The average Bonchev–Trinajstić information content (AvgIpc) is 2.69. The van der Waals surface area contributed by atoms with Crippen molar-refractivity contribution in [1.29, 1.82) is 0 Å². The molecule has 1 fully saturated rings. The number of aryl methyl sites for hydroxylation is 2. The van der Waals surface area contributed by atoms with Crippen molar-refractivity contribution in [3.63, 3.8) is 0 Å². The van der Waals surface area contributed by atoms with Gasteiger partial charge in [-0.25, -0.2) is 4.39 Å². The van der Waals surface area contributed by atoms with Gasteiger partial charge in [-0.3, -0.25) is 9.69 Å². The molecule has 0 bridgehead atoms. The van der Waals surface area contributed by atoms with Gasteiger partial charge < -0.3 is 14.7 Å². The highest BCUT2D eigenvalue weighted by molar-refractivity contribution is 5.94. The summed E-state index contributed by atoms with van der Waals surface area (Å²) in [7, 11) is 0. The molecule has 1 aliphatic heterocycles. The number of hydrogen-bond acceptors (Lipinski definition) is 4. The van der Waals surface area contributed by atoms with E-state index in [9.17, 15) is 14.3 Å².